The smallest absolute Gasteiger partial charge is 0.229 e. The van der Waals surface area contributed by atoms with Crippen molar-refractivity contribution in [3.8, 4) is 0 Å². The first-order valence-electron chi connectivity index (χ1n) is 5.12. The molecule has 0 aliphatic carbocycles. The predicted molar refractivity (Wildman–Crippen MR) is 54.1 cm³/mol. The van der Waals surface area contributed by atoms with Crippen LogP contribution in [-0.4, -0.2) is 27.8 Å². The molecule has 0 saturated carbocycles. The minimum atomic E-state index is -1.46. The monoisotopic (exact) mass is 200 g/mol. The summed E-state index contributed by atoms with van der Waals surface area (Å²) in [6.45, 7) is 7.67. The molecule has 1 saturated heterocycles. The van der Waals surface area contributed by atoms with Gasteiger partial charge < -0.3 is 5.11 Å². The van der Waals surface area contributed by atoms with Crippen LogP contribution in [0.5, 0.6) is 0 Å². The van der Waals surface area contributed by atoms with Crippen LogP contribution in [0, 0.1) is 11.8 Å². The molecule has 1 amide bonds. The number of carbonyl (C=O) groups is 1. The van der Waals surface area contributed by atoms with Crippen molar-refractivity contribution in [2.45, 2.75) is 46.0 Å². The van der Waals surface area contributed by atoms with Gasteiger partial charge in [0.2, 0.25) is 5.91 Å². The molecule has 4 heteroatoms. The number of rotatable bonds is 2. The van der Waals surface area contributed by atoms with Gasteiger partial charge in [-0.2, -0.15) is 0 Å². The highest BCUT2D eigenvalue weighted by atomic mass is 16.3. The Morgan fingerprint density at radius 1 is 1.50 bits per heavy atom. The van der Waals surface area contributed by atoms with E-state index in [4.69, 9.17) is 5.73 Å². The second-order valence-electron chi connectivity index (χ2n) is 4.74. The van der Waals surface area contributed by atoms with Crippen LogP contribution in [0.15, 0.2) is 0 Å². The molecule has 0 radical (unpaired) electrons. The molecule has 0 aromatic carbocycles. The molecule has 0 spiro atoms. The molecule has 0 bridgehead atoms. The van der Waals surface area contributed by atoms with Gasteiger partial charge in [0.15, 0.2) is 5.85 Å². The van der Waals surface area contributed by atoms with E-state index in [-0.39, 0.29) is 23.8 Å². The minimum absolute atomic E-state index is 0.0278. The summed E-state index contributed by atoms with van der Waals surface area (Å²) in [7, 11) is 0. The van der Waals surface area contributed by atoms with Gasteiger partial charge in [-0.25, -0.2) is 0 Å². The number of carbonyl (C=O) groups excluding carboxylic acids is 1. The van der Waals surface area contributed by atoms with Crippen molar-refractivity contribution < 1.29 is 9.90 Å². The number of nitrogens with zero attached hydrogens (tertiary/aromatic N) is 1. The normalized spacial score (nSPS) is 33.6. The molecule has 1 aliphatic rings. The standard InChI is InChI=1S/C10H20N2O2/c1-6(2)8-5-10(11,14)12(7(3)4)9(8)13/h6-8,14H,5,11H2,1-4H3. The highest BCUT2D eigenvalue weighted by Gasteiger charge is 2.49. The summed E-state index contributed by atoms with van der Waals surface area (Å²) in [5, 5.41) is 9.90. The van der Waals surface area contributed by atoms with E-state index in [1.165, 1.54) is 4.90 Å². The van der Waals surface area contributed by atoms with Gasteiger partial charge >= 0.3 is 0 Å². The van der Waals surface area contributed by atoms with Gasteiger partial charge in [0.05, 0.1) is 0 Å². The van der Waals surface area contributed by atoms with Crippen LogP contribution in [-0.2, 0) is 4.79 Å². The molecule has 82 valence electrons. The molecule has 2 atom stereocenters. The van der Waals surface area contributed by atoms with Crippen molar-refractivity contribution >= 4 is 5.91 Å². The van der Waals surface area contributed by atoms with Gasteiger partial charge in [0.1, 0.15) is 0 Å². The lowest BCUT2D eigenvalue weighted by Gasteiger charge is -2.32. The van der Waals surface area contributed by atoms with Gasteiger partial charge in [-0.1, -0.05) is 13.8 Å². The Labute approximate surface area is 85.1 Å². The van der Waals surface area contributed by atoms with E-state index in [9.17, 15) is 9.90 Å². The van der Waals surface area contributed by atoms with Crippen LogP contribution in [0.4, 0.5) is 0 Å². The fraction of sp³-hybridized carbons (Fsp3) is 0.900. The number of nitrogens with two attached hydrogens (primary N) is 1. The fourth-order valence-electron chi connectivity index (χ4n) is 2.10. The zero-order chi connectivity index (χ0) is 11.1. The Hall–Kier alpha value is -0.610. The number of hydrogen-bond donors (Lipinski definition) is 2. The molecule has 2 unspecified atom stereocenters. The summed E-state index contributed by atoms with van der Waals surface area (Å²) >= 11 is 0. The number of hydrogen-bond acceptors (Lipinski definition) is 3. The first kappa shape index (κ1) is 11.5. The summed E-state index contributed by atoms with van der Waals surface area (Å²) < 4.78 is 0. The number of aliphatic hydroxyl groups is 1. The maximum Gasteiger partial charge on any atom is 0.229 e. The molecular formula is C10H20N2O2. The van der Waals surface area contributed by atoms with Crippen LogP contribution in [0.3, 0.4) is 0 Å². The van der Waals surface area contributed by atoms with Crippen LogP contribution in [0.25, 0.3) is 0 Å². The highest BCUT2D eigenvalue weighted by molar-refractivity contribution is 5.82. The van der Waals surface area contributed by atoms with Crippen molar-refractivity contribution in [1.82, 2.24) is 4.90 Å². The van der Waals surface area contributed by atoms with Crippen molar-refractivity contribution in [1.29, 1.82) is 0 Å². The summed E-state index contributed by atoms with van der Waals surface area (Å²) in [5.74, 6) is -1.41. The molecule has 1 heterocycles. The van der Waals surface area contributed by atoms with Gasteiger partial charge in [0, 0.05) is 18.4 Å². The summed E-state index contributed by atoms with van der Waals surface area (Å²) in [5.41, 5.74) is 5.70. The van der Waals surface area contributed by atoms with Crippen LogP contribution < -0.4 is 5.73 Å². The van der Waals surface area contributed by atoms with Gasteiger partial charge in [-0.3, -0.25) is 15.4 Å². The summed E-state index contributed by atoms with van der Waals surface area (Å²) in [6.07, 6.45) is 0.335. The SMILES string of the molecule is CC(C)C1CC(N)(O)N(C(C)C)C1=O. The van der Waals surface area contributed by atoms with Gasteiger partial charge in [-0.15, -0.1) is 0 Å². The van der Waals surface area contributed by atoms with E-state index in [0.717, 1.165) is 0 Å². The maximum absolute atomic E-state index is 11.9. The molecule has 3 N–H and O–H groups in total. The van der Waals surface area contributed by atoms with E-state index in [2.05, 4.69) is 0 Å². The van der Waals surface area contributed by atoms with Crippen molar-refractivity contribution in [3.05, 3.63) is 0 Å². The Kier molecular flexibility index (Phi) is 2.88. The zero-order valence-corrected chi connectivity index (χ0v) is 9.32. The van der Waals surface area contributed by atoms with Crippen LogP contribution >= 0.6 is 0 Å². The van der Waals surface area contributed by atoms with Crippen LogP contribution in [0.2, 0.25) is 0 Å². The molecule has 0 aromatic rings. The quantitative estimate of drug-likeness (QED) is 0.638. The summed E-state index contributed by atoms with van der Waals surface area (Å²) in [4.78, 5) is 13.3. The van der Waals surface area contributed by atoms with E-state index in [0.29, 0.717) is 6.42 Å². The molecule has 1 fully saturated rings. The topological polar surface area (TPSA) is 66.6 Å². The van der Waals surface area contributed by atoms with Crippen LogP contribution in [0.1, 0.15) is 34.1 Å². The second-order valence-corrected chi connectivity index (χ2v) is 4.74. The first-order valence-corrected chi connectivity index (χ1v) is 5.12. The van der Waals surface area contributed by atoms with Crippen molar-refractivity contribution in [2.24, 2.45) is 17.6 Å². The van der Waals surface area contributed by atoms with E-state index < -0.39 is 5.85 Å². The minimum Gasteiger partial charge on any atom is -0.358 e. The Morgan fingerprint density at radius 3 is 2.21 bits per heavy atom. The highest BCUT2D eigenvalue weighted by Crippen LogP contribution is 2.34. The van der Waals surface area contributed by atoms with Crippen molar-refractivity contribution in [2.75, 3.05) is 0 Å². The summed E-state index contributed by atoms with van der Waals surface area (Å²) in [6, 6.07) is -0.0544. The lowest BCUT2D eigenvalue weighted by molar-refractivity contribution is -0.150. The van der Waals surface area contributed by atoms with Crippen molar-refractivity contribution in [3.63, 3.8) is 0 Å². The maximum atomic E-state index is 11.9. The molecule has 1 rings (SSSR count). The molecular weight excluding hydrogens is 180 g/mol. The molecule has 0 aromatic heterocycles. The first-order chi connectivity index (χ1) is 6.27. The third-order valence-electron chi connectivity index (χ3n) is 2.81. The Balaban J connectivity index is 2.92. The number of amides is 1. The Bertz CT molecular complexity index is 236. The zero-order valence-electron chi connectivity index (χ0n) is 9.32. The number of likely N-dealkylation sites (tertiary alicyclic amines) is 1. The molecule has 1 aliphatic heterocycles. The largest absolute Gasteiger partial charge is 0.358 e. The third kappa shape index (κ3) is 1.77. The second kappa shape index (κ2) is 3.51. The third-order valence-corrected chi connectivity index (χ3v) is 2.81. The van der Waals surface area contributed by atoms with Gasteiger partial charge in [0.25, 0.3) is 0 Å². The fourth-order valence-corrected chi connectivity index (χ4v) is 2.10. The van der Waals surface area contributed by atoms with E-state index >= 15 is 0 Å². The molecule has 14 heavy (non-hydrogen) atoms. The lowest BCUT2D eigenvalue weighted by Crippen LogP contribution is -2.55. The lowest BCUT2D eigenvalue weighted by atomic mass is 9.93. The van der Waals surface area contributed by atoms with E-state index in [1.54, 1.807) is 0 Å². The van der Waals surface area contributed by atoms with Gasteiger partial charge in [-0.05, 0) is 19.8 Å². The average Bonchev–Trinajstić information content (AvgIpc) is 2.20. The predicted octanol–water partition coefficient (Wildman–Crippen LogP) is 0.504. The molecule has 4 nitrogen and oxygen atoms in total. The Morgan fingerprint density at radius 2 is 2.00 bits per heavy atom. The average molecular weight is 200 g/mol. The van der Waals surface area contributed by atoms with E-state index in [1.807, 2.05) is 27.7 Å².